The summed E-state index contributed by atoms with van der Waals surface area (Å²) in [5, 5.41) is 5.34. The van der Waals surface area contributed by atoms with Crippen LogP contribution in [0.15, 0.2) is 49.8 Å². The summed E-state index contributed by atoms with van der Waals surface area (Å²) in [6.07, 6.45) is 10.1. The van der Waals surface area contributed by atoms with Crippen molar-refractivity contribution in [2.75, 3.05) is 11.9 Å². The van der Waals surface area contributed by atoms with Crippen molar-refractivity contribution in [3.8, 4) is 5.82 Å². The fourth-order valence-electron chi connectivity index (χ4n) is 4.13. The van der Waals surface area contributed by atoms with Crippen LogP contribution >= 0.6 is 0 Å². The van der Waals surface area contributed by atoms with Gasteiger partial charge in [0.15, 0.2) is 11.5 Å². The van der Waals surface area contributed by atoms with Crippen LogP contribution < -0.4 is 5.32 Å². The predicted octanol–water partition coefficient (Wildman–Crippen LogP) is 2.67. The summed E-state index contributed by atoms with van der Waals surface area (Å²) >= 11 is 0. The molecule has 0 bridgehead atoms. The van der Waals surface area contributed by atoms with Crippen LogP contribution in [-0.2, 0) is 4.79 Å². The second-order valence-electron chi connectivity index (χ2n) is 7.54. The second-order valence-corrected chi connectivity index (χ2v) is 7.54. The first-order chi connectivity index (χ1) is 14.7. The van der Waals surface area contributed by atoms with Crippen molar-refractivity contribution in [2.45, 2.75) is 31.8 Å². The minimum absolute atomic E-state index is 0.0349. The summed E-state index contributed by atoms with van der Waals surface area (Å²) in [5.74, 6) is 1.48. The highest BCUT2D eigenvalue weighted by Gasteiger charge is 2.28. The Morgan fingerprint density at radius 2 is 2.07 bits per heavy atom. The van der Waals surface area contributed by atoms with E-state index >= 15 is 0 Å². The lowest BCUT2D eigenvalue weighted by Gasteiger charge is -2.38. The normalized spacial score (nSPS) is 19.3. The van der Waals surface area contributed by atoms with Gasteiger partial charge in [-0.15, -0.1) is 0 Å². The fourth-order valence-corrected chi connectivity index (χ4v) is 4.13. The number of carbonyl (C=O) groups excluding carboxylic acids is 1. The smallest absolute Gasteiger partial charge is 0.246 e. The SMILES string of the molecule is C=CC(=O)N1C[C@H](Nc2ncnc3c2ccn3-c2ncnc3[nH]ccc23)CC[C@@H]1C. The quantitative estimate of drug-likeness (QED) is 0.509. The van der Waals surface area contributed by atoms with E-state index in [0.717, 1.165) is 46.5 Å². The molecule has 1 aliphatic heterocycles. The molecule has 1 amide bonds. The lowest BCUT2D eigenvalue weighted by Crippen LogP contribution is -2.49. The number of aromatic nitrogens is 6. The third-order valence-electron chi connectivity index (χ3n) is 5.72. The van der Waals surface area contributed by atoms with E-state index in [9.17, 15) is 4.79 Å². The number of nitrogens with one attached hydrogen (secondary N) is 2. The number of hydrogen-bond donors (Lipinski definition) is 2. The molecule has 0 unspecified atom stereocenters. The topological polar surface area (TPSA) is 105 Å². The molecule has 0 saturated carbocycles. The van der Waals surface area contributed by atoms with Crippen molar-refractivity contribution in [2.24, 2.45) is 0 Å². The molecular formula is C21H22N8O. The molecule has 2 N–H and O–H groups in total. The number of anilines is 1. The van der Waals surface area contributed by atoms with Crippen LogP contribution in [0, 0.1) is 0 Å². The number of piperidine rings is 1. The molecule has 9 nitrogen and oxygen atoms in total. The molecule has 30 heavy (non-hydrogen) atoms. The molecule has 1 fully saturated rings. The first-order valence-corrected chi connectivity index (χ1v) is 9.96. The van der Waals surface area contributed by atoms with Gasteiger partial charge in [0, 0.05) is 31.0 Å². The molecule has 5 rings (SSSR count). The van der Waals surface area contributed by atoms with Crippen LogP contribution in [0.4, 0.5) is 5.82 Å². The van der Waals surface area contributed by atoms with Gasteiger partial charge in [0.05, 0.1) is 10.8 Å². The van der Waals surface area contributed by atoms with Gasteiger partial charge in [-0.05, 0) is 38.0 Å². The average Bonchev–Trinajstić information content (AvgIpc) is 3.42. The molecular weight excluding hydrogens is 380 g/mol. The van der Waals surface area contributed by atoms with Gasteiger partial charge in [0.2, 0.25) is 5.91 Å². The van der Waals surface area contributed by atoms with Crippen molar-refractivity contribution < 1.29 is 4.79 Å². The van der Waals surface area contributed by atoms with Crippen LogP contribution in [0.3, 0.4) is 0 Å². The number of likely N-dealkylation sites (tertiary alicyclic amines) is 1. The number of rotatable bonds is 4. The van der Waals surface area contributed by atoms with E-state index < -0.39 is 0 Å². The summed E-state index contributed by atoms with van der Waals surface area (Å²) in [4.78, 5) is 34.8. The van der Waals surface area contributed by atoms with Gasteiger partial charge in [0.1, 0.15) is 24.1 Å². The minimum Gasteiger partial charge on any atom is -0.365 e. The molecule has 4 aromatic heterocycles. The number of aromatic amines is 1. The van der Waals surface area contributed by atoms with Crippen LogP contribution in [0.2, 0.25) is 0 Å². The molecule has 2 atom stereocenters. The number of hydrogen-bond acceptors (Lipinski definition) is 6. The first-order valence-electron chi connectivity index (χ1n) is 9.96. The Labute approximate surface area is 172 Å². The molecule has 0 aromatic carbocycles. The maximum atomic E-state index is 12.2. The highest BCUT2D eigenvalue weighted by molar-refractivity contribution is 5.91. The number of carbonyl (C=O) groups is 1. The third kappa shape index (κ3) is 2.99. The fraction of sp³-hybridized carbons (Fsp3) is 0.286. The molecule has 1 aliphatic rings. The zero-order chi connectivity index (χ0) is 20.7. The van der Waals surface area contributed by atoms with Gasteiger partial charge in [-0.2, -0.15) is 0 Å². The molecule has 0 spiro atoms. The van der Waals surface area contributed by atoms with Crippen molar-refractivity contribution in [1.29, 1.82) is 0 Å². The Balaban J connectivity index is 1.48. The van der Waals surface area contributed by atoms with E-state index in [4.69, 9.17) is 0 Å². The summed E-state index contributed by atoms with van der Waals surface area (Å²) in [7, 11) is 0. The molecule has 152 valence electrons. The molecule has 1 saturated heterocycles. The molecule has 4 aromatic rings. The number of H-pyrrole nitrogens is 1. The predicted molar refractivity (Wildman–Crippen MR) is 114 cm³/mol. The zero-order valence-electron chi connectivity index (χ0n) is 16.6. The Morgan fingerprint density at radius 3 is 2.93 bits per heavy atom. The number of nitrogens with zero attached hydrogens (tertiary/aromatic N) is 6. The Morgan fingerprint density at radius 1 is 1.20 bits per heavy atom. The summed E-state index contributed by atoms with van der Waals surface area (Å²) in [6, 6.07) is 4.25. The summed E-state index contributed by atoms with van der Waals surface area (Å²) < 4.78 is 1.94. The highest BCUT2D eigenvalue weighted by Crippen LogP contribution is 2.27. The number of amides is 1. The Hall–Kier alpha value is -3.75. The minimum atomic E-state index is -0.0349. The average molecular weight is 402 g/mol. The largest absolute Gasteiger partial charge is 0.365 e. The summed E-state index contributed by atoms with van der Waals surface area (Å²) in [5.41, 5.74) is 1.54. The highest BCUT2D eigenvalue weighted by atomic mass is 16.2. The molecule has 0 aliphatic carbocycles. The van der Waals surface area contributed by atoms with E-state index in [0.29, 0.717) is 6.54 Å². The van der Waals surface area contributed by atoms with Crippen molar-refractivity contribution >= 4 is 33.8 Å². The lowest BCUT2D eigenvalue weighted by molar-refractivity contribution is -0.129. The summed E-state index contributed by atoms with van der Waals surface area (Å²) in [6.45, 7) is 6.31. The van der Waals surface area contributed by atoms with Gasteiger partial charge < -0.3 is 15.2 Å². The van der Waals surface area contributed by atoms with E-state index in [1.54, 1.807) is 6.33 Å². The van der Waals surface area contributed by atoms with Gasteiger partial charge in [-0.25, -0.2) is 19.9 Å². The third-order valence-corrected chi connectivity index (χ3v) is 5.72. The molecule has 5 heterocycles. The zero-order valence-corrected chi connectivity index (χ0v) is 16.6. The van der Waals surface area contributed by atoms with E-state index in [1.165, 1.54) is 12.4 Å². The second kappa shape index (κ2) is 7.25. The number of fused-ring (bicyclic) bond motifs is 2. The van der Waals surface area contributed by atoms with Gasteiger partial charge in [0.25, 0.3) is 0 Å². The lowest BCUT2D eigenvalue weighted by atomic mass is 9.99. The van der Waals surface area contributed by atoms with Crippen LogP contribution in [0.1, 0.15) is 19.8 Å². The van der Waals surface area contributed by atoms with Crippen molar-refractivity contribution in [3.05, 3.63) is 49.8 Å². The monoisotopic (exact) mass is 402 g/mol. The van der Waals surface area contributed by atoms with Crippen molar-refractivity contribution in [1.82, 2.24) is 34.4 Å². The Bertz CT molecular complexity index is 1240. The first kappa shape index (κ1) is 18.3. The van der Waals surface area contributed by atoms with Crippen LogP contribution in [0.25, 0.3) is 27.9 Å². The van der Waals surface area contributed by atoms with Gasteiger partial charge >= 0.3 is 0 Å². The van der Waals surface area contributed by atoms with Gasteiger partial charge in [-0.3, -0.25) is 9.36 Å². The van der Waals surface area contributed by atoms with Gasteiger partial charge in [-0.1, -0.05) is 6.58 Å². The Kier molecular flexibility index (Phi) is 4.42. The van der Waals surface area contributed by atoms with Crippen LogP contribution in [0.5, 0.6) is 0 Å². The maximum Gasteiger partial charge on any atom is 0.246 e. The van der Waals surface area contributed by atoms with E-state index in [-0.39, 0.29) is 18.0 Å². The molecule has 9 heteroatoms. The maximum absolute atomic E-state index is 12.2. The molecule has 0 radical (unpaired) electrons. The van der Waals surface area contributed by atoms with E-state index in [2.05, 4.69) is 43.7 Å². The standard InChI is InChI=1S/C21H22N8O/c1-3-17(30)29-10-14(5-4-13(29)2)27-19-16-7-9-28(21(16)26-12-24-19)20-15-6-8-22-18(15)23-11-25-20/h3,6-9,11-14H,1,4-5,10H2,2H3,(H,22,23,25)(H,24,26,27)/t13-,14+/m0/s1. The van der Waals surface area contributed by atoms with E-state index in [1.807, 2.05) is 34.0 Å². The van der Waals surface area contributed by atoms with Crippen LogP contribution in [-0.4, -0.2) is 58.9 Å². The van der Waals surface area contributed by atoms with Crippen molar-refractivity contribution in [3.63, 3.8) is 0 Å².